The summed E-state index contributed by atoms with van der Waals surface area (Å²) < 4.78 is 1.70. The molecule has 2 aromatic rings. The number of rotatable bonds is 7. The molecule has 0 bridgehead atoms. The number of carbonyl (C=O) groups excluding carboxylic acids is 1. The summed E-state index contributed by atoms with van der Waals surface area (Å²) in [4.78, 5) is 37.7. The van der Waals surface area contributed by atoms with Crippen LogP contribution in [0.1, 0.15) is 65.8 Å². The number of benzene rings is 1. The number of carbonyl (C=O) groups is 2. The van der Waals surface area contributed by atoms with E-state index >= 15 is 0 Å². The summed E-state index contributed by atoms with van der Waals surface area (Å²) in [5, 5.41) is 21.4. The molecule has 1 aromatic carbocycles. The lowest BCUT2D eigenvalue weighted by molar-refractivity contribution is -0.139. The molecule has 1 aliphatic carbocycles. The zero-order chi connectivity index (χ0) is 21.0. The Morgan fingerprint density at radius 1 is 1.17 bits per heavy atom. The van der Waals surface area contributed by atoms with Gasteiger partial charge in [-0.3, -0.25) is 9.59 Å². The van der Waals surface area contributed by atoms with Crippen LogP contribution < -0.4 is 10.9 Å². The minimum Gasteiger partial charge on any atom is -0.508 e. The lowest BCUT2D eigenvalue weighted by Crippen LogP contribution is -2.39. The number of carboxylic acid groups (broad SMARTS) is 1. The number of unbranched alkanes of at least 4 members (excludes halogenated alkanes) is 1. The Hall–Kier alpha value is -3.09. The van der Waals surface area contributed by atoms with Gasteiger partial charge in [0.1, 0.15) is 11.3 Å². The van der Waals surface area contributed by atoms with Crippen LogP contribution in [0.15, 0.2) is 35.1 Å². The smallest absolute Gasteiger partial charge is 0.330 e. The molecule has 0 radical (unpaired) electrons. The number of hydrogen-bond acceptors (Lipinski definition) is 4. The van der Waals surface area contributed by atoms with Crippen molar-refractivity contribution in [3.63, 3.8) is 0 Å². The summed E-state index contributed by atoms with van der Waals surface area (Å²) in [6.07, 6.45) is 5.42. The van der Waals surface area contributed by atoms with E-state index in [1.165, 1.54) is 24.3 Å². The molecule has 1 heterocycles. The molecular weight excluding hydrogens is 372 g/mol. The summed E-state index contributed by atoms with van der Waals surface area (Å²) in [6.45, 7) is 2.60. The summed E-state index contributed by atoms with van der Waals surface area (Å²) in [7, 11) is 0. The van der Waals surface area contributed by atoms with Gasteiger partial charge >= 0.3 is 5.97 Å². The number of aromatic hydroxyl groups is 1. The first-order valence-electron chi connectivity index (χ1n) is 10.0. The molecule has 1 aromatic heterocycles. The number of phenols is 1. The van der Waals surface area contributed by atoms with Crippen molar-refractivity contribution in [2.24, 2.45) is 0 Å². The first-order valence-corrected chi connectivity index (χ1v) is 10.0. The molecule has 7 nitrogen and oxygen atoms in total. The molecular formula is C22H26N2O5. The zero-order valence-corrected chi connectivity index (χ0v) is 16.5. The quantitative estimate of drug-likeness (QED) is 0.665. The van der Waals surface area contributed by atoms with Gasteiger partial charge in [0, 0.05) is 12.2 Å². The third-order valence-corrected chi connectivity index (χ3v) is 5.33. The lowest BCUT2D eigenvalue weighted by Gasteiger charge is -2.23. The van der Waals surface area contributed by atoms with Crippen molar-refractivity contribution in [3.8, 4) is 5.75 Å². The van der Waals surface area contributed by atoms with Gasteiger partial charge in [0.05, 0.1) is 0 Å². The van der Waals surface area contributed by atoms with E-state index in [9.17, 15) is 24.6 Å². The van der Waals surface area contributed by atoms with E-state index in [1.54, 1.807) is 10.6 Å². The maximum absolute atomic E-state index is 13.0. The van der Waals surface area contributed by atoms with E-state index in [-0.39, 0.29) is 16.9 Å². The van der Waals surface area contributed by atoms with Gasteiger partial charge in [-0.25, -0.2) is 4.79 Å². The van der Waals surface area contributed by atoms with Crippen LogP contribution in [0.2, 0.25) is 0 Å². The Bertz CT molecular complexity index is 962. The third kappa shape index (κ3) is 4.50. The van der Waals surface area contributed by atoms with E-state index in [1.807, 2.05) is 6.92 Å². The number of hydrogen-bond donors (Lipinski definition) is 3. The van der Waals surface area contributed by atoms with Gasteiger partial charge in [0.25, 0.3) is 11.5 Å². The fraction of sp³-hybridized carbons (Fsp3) is 0.409. The maximum Gasteiger partial charge on any atom is 0.330 e. The van der Waals surface area contributed by atoms with E-state index in [0.717, 1.165) is 49.8 Å². The number of amides is 1. The second kappa shape index (κ2) is 8.94. The van der Waals surface area contributed by atoms with Crippen LogP contribution in [0, 0.1) is 0 Å². The van der Waals surface area contributed by atoms with E-state index in [2.05, 4.69) is 5.32 Å². The molecule has 0 saturated heterocycles. The van der Waals surface area contributed by atoms with E-state index in [4.69, 9.17) is 0 Å². The number of carboxylic acids is 1. The van der Waals surface area contributed by atoms with E-state index < -0.39 is 17.9 Å². The molecule has 154 valence electrons. The monoisotopic (exact) mass is 398 g/mol. The van der Waals surface area contributed by atoms with Crippen molar-refractivity contribution in [3.05, 3.63) is 63.1 Å². The van der Waals surface area contributed by atoms with Gasteiger partial charge in [-0.2, -0.15) is 0 Å². The molecule has 1 amide bonds. The van der Waals surface area contributed by atoms with Crippen molar-refractivity contribution >= 4 is 11.9 Å². The summed E-state index contributed by atoms with van der Waals surface area (Å²) in [5.74, 6) is -1.94. The number of aliphatic carboxylic acids is 1. The number of fused-ring (bicyclic) bond motifs is 1. The highest BCUT2D eigenvalue weighted by molar-refractivity contribution is 5.96. The normalized spacial score (nSPS) is 14.1. The van der Waals surface area contributed by atoms with Gasteiger partial charge < -0.3 is 20.1 Å². The predicted molar refractivity (Wildman–Crippen MR) is 108 cm³/mol. The first-order chi connectivity index (χ1) is 13.9. The van der Waals surface area contributed by atoms with Gasteiger partial charge in [-0.1, -0.05) is 25.5 Å². The SMILES string of the molecule is CCCCn1c2c(cc(C(=O)N[C@@H](C(=O)O)c3ccc(O)cc3)c1=O)CCCC2. The predicted octanol–water partition coefficient (Wildman–Crippen LogP) is 2.79. The molecule has 1 atom stereocenters. The van der Waals surface area contributed by atoms with E-state index in [0.29, 0.717) is 12.1 Å². The summed E-state index contributed by atoms with van der Waals surface area (Å²) in [5.41, 5.74) is 1.92. The van der Waals surface area contributed by atoms with Crippen LogP contribution in [-0.4, -0.2) is 26.7 Å². The van der Waals surface area contributed by atoms with Gasteiger partial charge in [0.2, 0.25) is 0 Å². The molecule has 7 heteroatoms. The van der Waals surface area contributed by atoms with Crippen LogP contribution in [0.4, 0.5) is 0 Å². The molecule has 29 heavy (non-hydrogen) atoms. The largest absolute Gasteiger partial charge is 0.508 e. The first kappa shape index (κ1) is 20.6. The molecule has 3 rings (SSSR count). The fourth-order valence-electron chi connectivity index (χ4n) is 3.76. The number of nitrogens with one attached hydrogen (secondary N) is 1. The molecule has 0 spiro atoms. The average molecular weight is 398 g/mol. The van der Waals surface area contributed by atoms with Crippen molar-refractivity contribution in [2.45, 2.75) is 58.0 Å². The average Bonchev–Trinajstić information content (AvgIpc) is 2.71. The Morgan fingerprint density at radius 2 is 1.86 bits per heavy atom. The molecule has 0 aliphatic heterocycles. The zero-order valence-electron chi connectivity index (χ0n) is 16.5. The number of phenolic OH excluding ortho intramolecular Hbond substituents is 1. The Labute approximate surface area is 169 Å². The summed E-state index contributed by atoms with van der Waals surface area (Å²) in [6, 6.07) is 5.89. The molecule has 0 unspecified atom stereocenters. The highest BCUT2D eigenvalue weighted by Crippen LogP contribution is 2.22. The minimum atomic E-state index is -1.32. The second-order valence-electron chi connectivity index (χ2n) is 7.38. The number of aryl methyl sites for hydroxylation is 1. The van der Waals surface area contributed by atoms with Crippen LogP contribution in [0.3, 0.4) is 0 Å². The minimum absolute atomic E-state index is 0.00212. The second-order valence-corrected chi connectivity index (χ2v) is 7.38. The standard InChI is InChI=1S/C22H26N2O5/c1-2-3-12-24-18-7-5-4-6-15(18)13-17(21(24)27)20(26)23-19(22(28)29)14-8-10-16(25)11-9-14/h8-11,13,19,25H,2-7,12H2,1H3,(H,23,26)(H,28,29)/t19-/m1/s1. The van der Waals surface area contributed by atoms with Crippen LogP contribution in [0.5, 0.6) is 5.75 Å². The highest BCUT2D eigenvalue weighted by atomic mass is 16.4. The Balaban J connectivity index is 1.96. The highest BCUT2D eigenvalue weighted by Gasteiger charge is 2.26. The lowest BCUT2D eigenvalue weighted by atomic mass is 9.94. The van der Waals surface area contributed by atoms with Crippen molar-refractivity contribution in [1.82, 2.24) is 9.88 Å². The third-order valence-electron chi connectivity index (χ3n) is 5.33. The molecule has 1 aliphatic rings. The van der Waals surface area contributed by atoms with Gasteiger partial charge in [-0.05, 0) is 61.4 Å². The van der Waals surface area contributed by atoms with Gasteiger partial charge in [-0.15, -0.1) is 0 Å². The van der Waals surface area contributed by atoms with Crippen LogP contribution in [0.25, 0.3) is 0 Å². The van der Waals surface area contributed by atoms with Crippen molar-refractivity contribution < 1.29 is 19.8 Å². The maximum atomic E-state index is 13.0. The molecule has 3 N–H and O–H groups in total. The van der Waals surface area contributed by atoms with Crippen LogP contribution in [-0.2, 0) is 24.2 Å². The number of pyridine rings is 1. The molecule has 0 saturated carbocycles. The van der Waals surface area contributed by atoms with Crippen molar-refractivity contribution in [2.75, 3.05) is 0 Å². The number of aromatic nitrogens is 1. The Kier molecular flexibility index (Phi) is 6.36. The van der Waals surface area contributed by atoms with Gasteiger partial charge in [0.15, 0.2) is 6.04 Å². The Morgan fingerprint density at radius 3 is 2.52 bits per heavy atom. The fourth-order valence-corrected chi connectivity index (χ4v) is 3.76. The molecule has 0 fully saturated rings. The van der Waals surface area contributed by atoms with Crippen molar-refractivity contribution in [1.29, 1.82) is 0 Å². The van der Waals surface area contributed by atoms with Crippen LogP contribution >= 0.6 is 0 Å². The number of nitrogens with zero attached hydrogens (tertiary/aromatic N) is 1. The summed E-state index contributed by atoms with van der Waals surface area (Å²) >= 11 is 0. The topological polar surface area (TPSA) is 109 Å².